The van der Waals surface area contributed by atoms with Crippen molar-refractivity contribution in [1.29, 1.82) is 0 Å². The minimum Gasteiger partial charge on any atom is -0.508 e. The number of aliphatic hydroxyl groups is 3. The van der Waals surface area contributed by atoms with Gasteiger partial charge in [0.15, 0.2) is 6.04 Å². The highest BCUT2D eigenvalue weighted by Gasteiger charge is 2.44. The number of quaternary nitrogens is 1. The lowest BCUT2D eigenvalue weighted by molar-refractivity contribution is -0.409. The first-order valence-corrected chi connectivity index (χ1v) is 26.7. The summed E-state index contributed by atoms with van der Waals surface area (Å²) >= 11 is 0. The number of aliphatic carboxylic acids is 1. The lowest BCUT2D eigenvalue weighted by Crippen LogP contribution is -2.71. The molecule has 4 rings (SSSR count). The fourth-order valence-electron chi connectivity index (χ4n) is 8.22. The second kappa shape index (κ2) is 28.2. The van der Waals surface area contributed by atoms with Crippen molar-refractivity contribution < 1.29 is 117 Å². The number of phosphoric acid groups is 2. The highest BCUT2D eigenvalue weighted by Crippen LogP contribution is 2.38. The van der Waals surface area contributed by atoms with E-state index in [9.17, 15) is 97.4 Å². The van der Waals surface area contributed by atoms with E-state index in [0.717, 1.165) is 23.6 Å². The van der Waals surface area contributed by atoms with Crippen molar-refractivity contribution in [2.75, 3.05) is 32.9 Å². The summed E-state index contributed by atoms with van der Waals surface area (Å²) < 4.78 is 33.0. The van der Waals surface area contributed by atoms with E-state index in [1.807, 2.05) is 5.32 Å². The van der Waals surface area contributed by atoms with E-state index >= 15 is 0 Å². The Bertz CT molecular complexity index is 2510. The normalized spacial score (nSPS) is 19.2. The topological polar surface area (TPSA) is 525 Å². The molecule has 2 saturated heterocycles. The van der Waals surface area contributed by atoms with E-state index < -0.39 is 155 Å². The Morgan fingerprint density at radius 1 is 0.714 bits per heavy atom. The number of carboxylic acids is 1. The second-order valence-electron chi connectivity index (χ2n) is 18.0. The number of carboxylic acid groups (broad SMARTS) is 1. The van der Waals surface area contributed by atoms with Crippen LogP contribution >= 0.6 is 15.6 Å². The third-order valence-electron chi connectivity index (χ3n) is 12.2. The molecule has 20 N–H and O–H groups in total. The summed E-state index contributed by atoms with van der Waals surface area (Å²) in [5.41, 5.74) is 4.06. The number of aromatic hydroxyl groups is 1. The van der Waals surface area contributed by atoms with Crippen LogP contribution in [0.5, 0.6) is 5.75 Å². The lowest BCUT2D eigenvalue weighted by atomic mass is 10.0. The number of amides is 8. The SMILES string of the molecule is C[C@@H](O)[C@H](NC(=O)[C@@H]1CCCN1C(=O)[C@H](COP(=O)(O)O)NC(=O)[C@H](Cc1c[nH+]c[nH]1)NC(=O)[C@@H]1CCCN1C(=O)[C@H](Cc1ccc(O)cc1)NC(=O)[C@@H](NC(=O)[C@@H]([NH3+])CO)[C@@H](C)OP(=O)(O)O)C(=O)N[C@@H](CO)C(=O)O. The van der Waals surface area contributed by atoms with Crippen LogP contribution < -0.4 is 42.6 Å². The number of phosphoric ester groups is 2. The number of nitrogens with zero attached hydrogens (tertiary/aromatic N) is 2. The molecule has 0 bridgehead atoms. The van der Waals surface area contributed by atoms with Crippen LogP contribution in [-0.2, 0) is 74.2 Å². The van der Waals surface area contributed by atoms with E-state index in [0.29, 0.717) is 5.56 Å². The molecule has 0 radical (unpaired) electrons. The zero-order valence-corrected chi connectivity index (χ0v) is 43.2. The summed E-state index contributed by atoms with van der Waals surface area (Å²) in [6.07, 6.45) is -1.18. The highest BCUT2D eigenvalue weighted by atomic mass is 31.2. The molecule has 8 amide bonds. The average molecular weight is 1140 g/mol. The van der Waals surface area contributed by atoms with Crippen molar-refractivity contribution in [2.45, 2.75) is 119 Å². The van der Waals surface area contributed by atoms with Crippen LogP contribution in [0.15, 0.2) is 36.8 Å². The van der Waals surface area contributed by atoms with Gasteiger partial charge in [-0.2, -0.15) is 0 Å². The molecule has 0 unspecified atom stereocenters. The van der Waals surface area contributed by atoms with Crippen molar-refractivity contribution in [3.05, 3.63) is 48.0 Å². The first-order valence-electron chi connectivity index (χ1n) is 23.7. The molecule has 33 nitrogen and oxygen atoms in total. The maximum absolute atomic E-state index is 14.6. The van der Waals surface area contributed by atoms with Gasteiger partial charge in [0.25, 0.3) is 5.91 Å². The fraction of sp³-hybridized carbons (Fsp3) is 0.571. The van der Waals surface area contributed by atoms with E-state index in [-0.39, 0.29) is 63.1 Å². The van der Waals surface area contributed by atoms with Gasteiger partial charge < -0.3 is 92.5 Å². The highest BCUT2D eigenvalue weighted by molar-refractivity contribution is 7.46. The molecule has 2 aromatic rings. The number of hydrogen-bond acceptors (Lipinski definition) is 17. The number of aromatic nitrogens is 2. The Morgan fingerprint density at radius 2 is 1.26 bits per heavy atom. The molecule has 1 aromatic heterocycles. The molecule has 11 atom stereocenters. The summed E-state index contributed by atoms with van der Waals surface area (Å²) in [5.74, 6) is -10.5. The molecular weight excluding hydrogens is 1070 g/mol. The average Bonchev–Trinajstić information content (AvgIpc) is 4.17. The number of carbonyl (C=O) groups is 9. The number of aromatic amines is 2. The van der Waals surface area contributed by atoms with Crippen LogP contribution in [0.4, 0.5) is 0 Å². The third kappa shape index (κ3) is 18.9. The van der Waals surface area contributed by atoms with Gasteiger partial charge in [0, 0.05) is 25.9 Å². The van der Waals surface area contributed by atoms with Gasteiger partial charge in [-0.1, -0.05) is 12.1 Å². The summed E-state index contributed by atoms with van der Waals surface area (Å²) in [4.78, 5) is 168. The van der Waals surface area contributed by atoms with Gasteiger partial charge in [-0.3, -0.25) is 52.4 Å². The molecule has 35 heteroatoms. The maximum atomic E-state index is 14.6. The zero-order valence-electron chi connectivity index (χ0n) is 41.4. The number of phenolic OH excluding ortho intramolecular Hbond substituents is 1. The van der Waals surface area contributed by atoms with Crippen LogP contribution in [0.2, 0.25) is 0 Å². The molecule has 2 aliphatic rings. The van der Waals surface area contributed by atoms with Crippen LogP contribution in [0.25, 0.3) is 0 Å². The summed E-state index contributed by atoms with van der Waals surface area (Å²) in [6.45, 7) is -1.26. The number of imidazole rings is 1. The smallest absolute Gasteiger partial charge is 0.469 e. The lowest BCUT2D eigenvalue weighted by Gasteiger charge is -2.32. The van der Waals surface area contributed by atoms with Crippen molar-refractivity contribution in [3.8, 4) is 5.75 Å². The van der Waals surface area contributed by atoms with Crippen molar-refractivity contribution in [1.82, 2.24) is 46.7 Å². The largest absolute Gasteiger partial charge is 0.508 e. The predicted octanol–water partition coefficient (Wildman–Crippen LogP) is -8.12. The monoisotopic (exact) mass is 1140 g/mol. The van der Waals surface area contributed by atoms with Crippen molar-refractivity contribution in [2.24, 2.45) is 0 Å². The number of carbonyl (C=O) groups excluding carboxylic acids is 8. The zero-order chi connectivity index (χ0) is 57.5. The van der Waals surface area contributed by atoms with Gasteiger partial charge in [-0.25, -0.2) is 18.9 Å². The molecule has 1 aromatic carbocycles. The van der Waals surface area contributed by atoms with E-state index in [1.165, 1.54) is 36.8 Å². The Morgan fingerprint density at radius 3 is 1.77 bits per heavy atom. The quantitative estimate of drug-likeness (QED) is 0.0352. The molecule has 428 valence electrons. The van der Waals surface area contributed by atoms with Gasteiger partial charge in [0.05, 0.1) is 25.4 Å². The van der Waals surface area contributed by atoms with Crippen LogP contribution in [0, 0.1) is 0 Å². The van der Waals surface area contributed by atoms with Gasteiger partial charge in [-0.05, 0) is 57.2 Å². The fourth-order valence-corrected chi connectivity index (χ4v) is 9.12. The van der Waals surface area contributed by atoms with Gasteiger partial charge >= 0.3 is 21.6 Å². The molecule has 2 aliphatic heterocycles. The van der Waals surface area contributed by atoms with E-state index in [1.54, 1.807) is 0 Å². The van der Waals surface area contributed by atoms with Crippen LogP contribution in [0.1, 0.15) is 50.8 Å². The van der Waals surface area contributed by atoms with E-state index in [2.05, 4.69) is 51.3 Å². The number of hydrogen-bond donors (Lipinski definition) is 17. The number of likely N-dealkylation sites (tertiary alicyclic amines) is 2. The number of phenols is 1. The molecule has 0 spiro atoms. The third-order valence-corrected chi connectivity index (χ3v) is 13.2. The summed E-state index contributed by atoms with van der Waals surface area (Å²) in [7, 11) is -10.7. The Kier molecular flexibility index (Phi) is 23.1. The number of nitrogens with one attached hydrogen (secondary N) is 8. The molecule has 0 aliphatic carbocycles. The maximum Gasteiger partial charge on any atom is 0.469 e. The molecule has 2 fully saturated rings. The van der Waals surface area contributed by atoms with E-state index in [4.69, 9.17) is 0 Å². The number of rotatable bonds is 28. The summed E-state index contributed by atoms with van der Waals surface area (Å²) in [5, 5.41) is 62.0. The standard InChI is InChI=1S/C42H63N11O22P2/c1-20(56)32(38(62)48-28(17-55)42(66)67)50-37(61)31-6-4-12-53(31)41(65)29(18-74-76(68,69)70)49-35(59)26(14-23-15-44-19-45-23)46-36(60)30-5-3-11-52(30)40(64)27(13-22-7-9-24(57)10-8-22)47-39(63)33(21(2)75-77(71,72)73)51-34(58)25(43)16-54/h7-10,15,19-21,25-33,54-57H,3-6,11-14,16-18,43H2,1-2H3,(H,44,45)(H,46,60)(H,47,63)(H,48,62)(H,49,59)(H,50,61)(H,51,58)(H,66,67)(H2,68,69,70)(H2,71,72,73)/p+2/t20-,21-,25+,26+,27+,28+,29+,30+,31+,32+,33+/m1/s1. The minimum absolute atomic E-state index is 0.0330. The van der Waals surface area contributed by atoms with Crippen molar-refractivity contribution in [3.63, 3.8) is 0 Å². The predicted molar refractivity (Wildman–Crippen MR) is 255 cm³/mol. The van der Waals surface area contributed by atoms with Crippen molar-refractivity contribution >= 4 is 68.9 Å². The summed E-state index contributed by atoms with van der Waals surface area (Å²) in [6, 6.07) is -9.70. The molecule has 0 saturated carbocycles. The van der Waals surface area contributed by atoms with Gasteiger partial charge in [0.1, 0.15) is 72.6 Å². The number of benzene rings is 1. The molecule has 3 heterocycles. The van der Waals surface area contributed by atoms with Crippen LogP contribution in [0.3, 0.4) is 0 Å². The molecule has 77 heavy (non-hydrogen) atoms. The Balaban J connectivity index is 1.62. The second-order valence-corrected chi connectivity index (χ2v) is 20.5. The minimum atomic E-state index is -5.38. The Labute approximate surface area is 437 Å². The van der Waals surface area contributed by atoms with Gasteiger partial charge in [0.2, 0.25) is 47.7 Å². The first-order chi connectivity index (χ1) is 36.0. The Hall–Kier alpha value is -6.48. The van der Waals surface area contributed by atoms with Gasteiger partial charge in [-0.15, -0.1) is 0 Å². The first kappa shape index (κ1) is 63.1. The molecular formula is C42H65N11O22P2+2. The number of aliphatic hydroxyl groups excluding tert-OH is 3. The number of H-pyrrole nitrogens is 2. The van der Waals surface area contributed by atoms with Crippen LogP contribution in [-0.4, -0.2) is 213 Å².